The maximum atomic E-state index is 14.3. The second-order valence-corrected chi connectivity index (χ2v) is 5.55. The molecule has 0 saturated carbocycles. The Bertz CT molecular complexity index is 1110. The van der Waals surface area contributed by atoms with Gasteiger partial charge in [-0.15, -0.1) is 0 Å². The van der Waals surface area contributed by atoms with Crippen molar-refractivity contribution in [1.29, 1.82) is 0 Å². The van der Waals surface area contributed by atoms with E-state index < -0.39 is 23.0 Å². The summed E-state index contributed by atoms with van der Waals surface area (Å²) in [5, 5.41) is 2.73. The molecule has 2 heterocycles. The number of carbonyl (C=O) groups excluding carboxylic acids is 1. The van der Waals surface area contributed by atoms with E-state index in [0.29, 0.717) is 11.4 Å². The predicted molar refractivity (Wildman–Crippen MR) is 88.7 cm³/mol. The first-order valence-corrected chi connectivity index (χ1v) is 7.63. The van der Waals surface area contributed by atoms with Crippen molar-refractivity contribution in [3.05, 3.63) is 63.9 Å². The zero-order valence-corrected chi connectivity index (χ0v) is 13.1. The van der Waals surface area contributed by atoms with Crippen LogP contribution in [0.4, 0.5) is 20.2 Å². The van der Waals surface area contributed by atoms with Crippen molar-refractivity contribution in [2.75, 3.05) is 11.9 Å². The lowest BCUT2D eigenvalue weighted by Crippen LogP contribution is -2.23. The van der Waals surface area contributed by atoms with Crippen LogP contribution in [0.25, 0.3) is 16.6 Å². The van der Waals surface area contributed by atoms with Crippen LogP contribution in [0, 0.1) is 11.6 Å². The fraction of sp³-hybridized carbons (Fsp3) is 0.111. The Kier molecular flexibility index (Phi) is 3.31. The van der Waals surface area contributed by atoms with E-state index in [2.05, 4.69) is 5.32 Å². The summed E-state index contributed by atoms with van der Waals surface area (Å²) in [5.41, 5.74) is 0.238. The van der Waals surface area contributed by atoms with Gasteiger partial charge in [-0.2, -0.15) is 0 Å². The molecule has 0 atom stereocenters. The first-order valence-electron chi connectivity index (χ1n) is 7.63. The Morgan fingerprint density at radius 1 is 1.28 bits per heavy atom. The molecule has 0 fully saturated rings. The Morgan fingerprint density at radius 2 is 2.04 bits per heavy atom. The van der Waals surface area contributed by atoms with E-state index in [4.69, 9.17) is 4.74 Å². The summed E-state index contributed by atoms with van der Waals surface area (Å²) >= 11 is 0. The third-order valence-corrected chi connectivity index (χ3v) is 4.10. The van der Waals surface area contributed by atoms with Crippen LogP contribution in [0.1, 0.15) is 17.3 Å². The molecule has 1 aliphatic heterocycles. The number of halogens is 2. The van der Waals surface area contributed by atoms with E-state index in [1.54, 1.807) is 31.2 Å². The van der Waals surface area contributed by atoms with Gasteiger partial charge in [-0.3, -0.25) is 4.79 Å². The number of aromatic nitrogens is 1. The normalized spacial score (nSPS) is 11.8. The fourth-order valence-electron chi connectivity index (χ4n) is 3.02. The van der Waals surface area contributed by atoms with Gasteiger partial charge >= 0.3 is 5.97 Å². The highest BCUT2D eigenvalue weighted by atomic mass is 19.2. The van der Waals surface area contributed by atoms with Gasteiger partial charge in [0.2, 0.25) is 5.43 Å². The Balaban J connectivity index is 2.17. The van der Waals surface area contributed by atoms with E-state index in [-0.39, 0.29) is 28.8 Å². The topological polar surface area (TPSA) is 60.3 Å². The molecule has 7 heteroatoms. The van der Waals surface area contributed by atoms with Crippen molar-refractivity contribution in [2.45, 2.75) is 6.92 Å². The zero-order chi connectivity index (χ0) is 17.7. The first kappa shape index (κ1) is 15.3. The van der Waals surface area contributed by atoms with Crippen LogP contribution < -0.4 is 10.7 Å². The highest BCUT2D eigenvalue weighted by molar-refractivity contribution is 6.01. The van der Waals surface area contributed by atoms with Gasteiger partial charge in [0.25, 0.3) is 0 Å². The second kappa shape index (κ2) is 5.41. The molecule has 0 radical (unpaired) electrons. The summed E-state index contributed by atoms with van der Waals surface area (Å²) in [4.78, 5) is 24.8. The molecular weight excluding hydrogens is 330 g/mol. The minimum Gasteiger partial charge on any atom is -0.462 e. The van der Waals surface area contributed by atoms with Crippen LogP contribution in [0.15, 0.2) is 41.3 Å². The number of rotatable bonds is 2. The van der Waals surface area contributed by atoms with Gasteiger partial charge in [-0.05, 0) is 25.1 Å². The van der Waals surface area contributed by atoms with Crippen molar-refractivity contribution in [3.63, 3.8) is 0 Å². The van der Waals surface area contributed by atoms with Crippen molar-refractivity contribution in [1.82, 2.24) is 4.57 Å². The molecule has 4 rings (SSSR count). The quantitative estimate of drug-likeness (QED) is 0.567. The lowest BCUT2D eigenvalue weighted by Gasteiger charge is -2.25. The largest absolute Gasteiger partial charge is 0.462 e. The number of anilines is 2. The average molecular weight is 342 g/mol. The van der Waals surface area contributed by atoms with E-state index in [0.717, 1.165) is 6.07 Å². The minimum atomic E-state index is -1.17. The number of ether oxygens (including phenoxy) is 1. The Morgan fingerprint density at radius 3 is 2.80 bits per heavy atom. The van der Waals surface area contributed by atoms with Crippen LogP contribution >= 0.6 is 0 Å². The van der Waals surface area contributed by atoms with Crippen LogP contribution in [0.3, 0.4) is 0 Å². The van der Waals surface area contributed by atoms with Crippen molar-refractivity contribution in [2.24, 2.45) is 0 Å². The van der Waals surface area contributed by atoms with Gasteiger partial charge < -0.3 is 14.6 Å². The molecule has 0 aliphatic carbocycles. The molecule has 0 saturated heterocycles. The third-order valence-electron chi connectivity index (χ3n) is 4.10. The number of carbonyl (C=O) groups is 1. The summed E-state index contributed by atoms with van der Waals surface area (Å²) in [6, 6.07) is 7.74. The van der Waals surface area contributed by atoms with Gasteiger partial charge in [-0.25, -0.2) is 13.6 Å². The van der Waals surface area contributed by atoms with Crippen LogP contribution in [0.2, 0.25) is 0 Å². The number of benzene rings is 2. The molecule has 25 heavy (non-hydrogen) atoms. The van der Waals surface area contributed by atoms with Crippen molar-refractivity contribution >= 4 is 28.2 Å². The van der Waals surface area contributed by atoms with Gasteiger partial charge in [0, 0.05) is 6.20 Å². The number of para-hydroxylation sites is 2. The van der Waals surface area contributed by atoms with Gasteiger partial charge in [0.1, 0.15) is 11.3 Å². The molecule has 0 amide bonds. The fourth-order valence-corrected chi connectivity index (χ4v) is 3.02. The van der Waals surface area contributed by atoms with E-state index >= 15 is 0 Å². The maximum Gasteiger partial charge on any atom is 0.343 e. The minimum absolute atomic E-state index is 0.0947. The maximum absolute atomic E-state index is 14.3. The van der Waals surface area contributed by atoms with Crippen LogP contribution in [0.5, 0.6) is 0 Å². The molecule has 1 aromatic heterocycles. The highest BCUT2D eigenvalue weighted by Crippen LogP contribution is 2.38. The van der Waals surface area contributed by atoms with Gasteiger partial charge in [0.15, 0.2) is 11.6 Å². The number of nitrogens with zero attached hydrogens (tertiary/aromatic N) is 1. The number of hydrogen-bond donors (Lipinski definition) is 1. The number of pyridine rings is 1. The molecule has 0 spiro atoms. The van der Waals surface area contributed by atoms with Gasteiger partial charge in [-0.1, -0.05) is 12.1 Å². The molecular formula is C18H12F2N2O3. The number of nitrogens with one attached hydrogen (secondary N) is 1. The molecule has 1 aliphatic rings. The molecule has 5 nitrogen and oxygen atoms in total. The van der Waals surface area contributed by atoms with Crippen molar-refractivity contribution in [3.8, 4) is 5.69 Å². The predicted octanol–water partition coefficient (Wildman–Crippen LogP) is 3.50. The zero-order valence-electron chi connectivity index (χ0n) is 13.1. The summed E-state index contributed by atoms with van der Waals surface area (Å²) in [6.45, 7) is 1.71. The molecule has 2 aromatic carbocycles. The number of fused-ring (bicyclic) bond motifs is 2. The molecule has 3 aromatic rings. The Labute approximate surface area is 140 Å². The second-order valence-electron chi connectivity index (χ2n) is 5.55. The first-order chi connectivity index (χ1) is 12.0. The molecule has 1 N–H and O–H groups in total. The SMILES string of the molecule is CCOC(=O)c1cn2c3c(c(F)c(F)cc3c1=O)Nc1ccccc1-2. The monoisotopic (exact) mass is 342 g/mol. The summed E-state index contributed by atoms with van der Waals surface area (Å²) in [6.07, 6.45) is 1.31. The molecule has 0 bridgehead atoms. The number of esters is 1. The number of hydrogen-bond acceptors (Lipinski definition) is 4. The summed E-state index contributed by atoms with van der Waals surface area (Å²) in [7, 11) is 0. The van der Waals surface area contributed by atoms with Crippen LogP contribution in [-0.4, -0.2) is 17.1 Å². The van der Waals surface area contributed by atoms with E-state index in [9.17, 15) is 18.4 Å². The molecule has 126 valence electrons. The van der Waals surface area contributed by atoms with Gasteiger partial charge in [0.05, 0.1) is 28.9 Å². The third kappa shape index (κ3) is 2.12. The standard InChI is InChI=1S/C18H12F2N2O3/c1-2-25-18(24)10-8-22-13-6-4-3-5-12(13)21-15-14(20)11(19)7-9(16(15)22)17(10)23/h3-8,21H,2H2,1H3. The Hall–Kier alpha value is -3.22. The highest BCUT2D eigenvalue weighted by Gasteiger charge is 2.27. The summed E-state index contributed by atoms with van der Waals surface area (Å²) < 4.78 is 34.7. The smallest absolute Gasteiger partial charge is 0.343 e. The molecule has 0 unspecified atom stereocenters. The average Bonchev–Trinajstić information content (AvgIpc) is 2.61. The lowest BCUT2D eigenvalue weighted by atomic mass is 10.1. The van der Waals surface area contributed by atoms with E-state index in [1.165, 1.54) is 10.8 Å². The van der Waals surface area contributed by atoms with Crippen molar-refractivity contribution < 1.29 is 18.3 Å². The summed E-state index contributed by atoms with van der Waals surface area (Å²) in [5.74, 6) is -3.06. The lowest BCUT2D eigenvalue weighted by molar-refractivity contribution is 0.0524. The van der Waals surface area contributed by atoms with Crippen LogP contribution in [-0.2, 0) is 4.74 Å². The van der Waals surface area contributed by atoms with E-state index in [1.807, 2.05) is 0 Å².